The molecule has 0 aromatic carbocycles. The summed E-state index contributed by atoms with van der Waals surface area (Å²) in [5.74, 6) is 0.909. The van der Waals surface area contributed by atoms with Crippen molar-refractivity contribution in [1.82, 2.24) is 0 Å². The summed E-state index contributed by atoms with van der Waals surface area (Å²) in [4.78, 5) is 12.2. The second-order valence-corrected chi connectivity index (χ2v) is 9.83. The van der Waals surface area contributed by atoms with Gasteiger partial charge in [0.25, 0.3) is 0 Å². The van der Waals surface area contributed by atoms with Gasteiger partial charge in [0, 0.05) is 19.4 Å². The number of fused-ring (bicyclic) bond motifs is 1. The van der Waals surface area contributed by atoms with Crippen LogP contribution in [0.4, 0.5) is 0 Å². The lowest BCUT2D eigenvalue weighted by molar-refractivity contribution is -0.180. The van der Waals surface area contributed by atoms with E-state index >= 15 is 0 Å². The van der Waals surface area contributed by atoms with E-state index in [4.69, 9.17) is 18.9 Å². The minimum Gasteiger partial charge on any atom is -0.467 e. The van der Waals surface area contributed by atoms with Gasteiger partial charge >= 0.3 is 5.97 Å². The lowest BCUT2D eigenvalue weighted by Crippen LogP contribution is -2.47. The highest BCUT2D eigenvalue weighted by Gasteiger charge is 2.58. The second-order valence-electron chi connectivity index (χ2n) is 9.83. The first-order valence-electron chi connectivity index (χ1n) is 11.6. The summed E-state index contributed by atoms with van der Waals surface area (Å²) >= 11 is 0. The number of hydrogen-bond acceptors (Lipinski definition) is 5. The molecule has 1 aliphatic carbocycles. The number of carbonyl (C=O) groups is 1. The molecule has 3 aliphatic rings. The van der Waals surface area contributed by atoms with Gasteiger partial charge in [-0.3, -0.25) is 4.79 Å². The predicted octanol–water partition coefficient (Wildman–Crippen LogP) is 5.52. The number of methoxy groups -OCH3 is 1. The van der Waals surface area contributed by atoms with E-state index in [2.05, 4.69) is 26.8 Å². The quantitative estimate of drug-likeness (QED) is 0.352. The van der Waals surface area contributed by atoms with Crippen LogP contribution in [0.15, 0.2) is 11.8 Å². The third-order valence-electron chi connectivity index (χ3n) is 6.93. The summed E-state index contributed by atoms with van der Waals surface area (Å²) < 4.78 is 24.3. The van der Waals surface area contributed by atoms with Gasteiger partial charge in [-0.15, -0.1) is 0 Å². The minimum absolute atomic E-state index is 0.103. The molecule has 0 spiro atoms. The maximum atomic E-state index is 12.2. The molecule has 4 unspecified atom stereocenters. The van der Waals surface area contributed by atoms with Crippen LogP contribution < -0.4 is 0 Å². The fourth-order valence-electron chi connectivity index (χ4n) is 5.20. The number of allylic oxidation sites excluding steroid dienone is 1. The molecule has 5 nitrogen and oxygen atoms in total. The Balaban J connectivity index is 1.83. The lowest BCUT2D eigenvalue weighted by Gasteiger charge is -2.38. The molecule has 4 atom stereocenters. The molecule has 2 saturated heterocycles. The predicted molar refractivity (Wildman–Crippen MR) is 112 cm³/mol. The average Bonchev–Trinajstić information content (AvgIpc) is 3.22. The molecule has 5 heteroatoms. The van der Waals surface area contributed by atoms with E-state index in [-0.39, 0.29) is 29.7 Å². The van der Waals surface area contributed by atoms with Gasteiger partial charge in [-0.05, 0) is 56.4 Å². The van der Waals surface area contributed by atoms with Crippen molar-refractivity contribution in [2.75, 3.05) is 13.7 Å². The van der Waals surface area contributed by atoms with Crippen LogP contribution in [0, 0.1) is 11.3 Å². The van der Waals surface area contributed by atoms with Crippen molar-refractivity contribution in [3.63, 3.8) is 0 Å². The lowest BCUT2D eigenvalue weighted by atomic mass is 9.81. The van der Waals surface area contributed by atoms with Gasteiger partial charge < -0.3 is 18.9 Å². The fraction of sp³-hybridized carbons (Fsp3) is 0.875. The van der Waals surface area contributed by atoms with Crippen LogP contribution in [0.1, 0.15) is 91.4 Å². The van der Waals surface area contributed by atoms with Gasteiger partial charge in [0.2, 0.25) is 0 Å². The molecule has 3 rings (SSSR count). The highest BCUT2D eigenvalue weighted by Crippen LogP contribution is 2.50. The molecule has 0 aromatic heterocycles. The number of carbonyl (C=O) groups excluding carboxylic acids is 1. The monoisotopic (exact) mass is 408 g/mol. The van der Waals surface area contributed by atoms with E-state index in [1.54, 1.807) is 7.11 Å². The van der Waals surface area contributed by atoms with Crippen molar-refractivity contribution in [2.24, 2.45) is 11.3 Å². The number of rotatable bonds is 10. The molecule has 1 saturated carbocycles. The molecule has 29 heavy (non-hydrogen) atoms. The van der Waals surface area contributed by atoms with Crippen LogP contribution in [0.25, 0.3) is 0 Å². The van der Waals surface area contributed by atoms with Crippen molar-refractivity contribution >= 4 is 5.97 Å². The Labute approximate surface area is 176 Å². The zero-order chi connectivity index (χ0) is 20.9. The second kappa shape index (κ2) is 9.82. The molecule has 0 bridgehead atoms. The van der Waals surface area contributed by atoms with Crippen molar-refractivity contribution in [2.45, 2.75) is 109 Å². The van der Waals surface area contributed by atoms with Gasteiger partial charge in [0.05, 0.1) is 13.0 Å². The number of unbranched alkanes of at least 4 members (excludes halogenated alkanes) is 1. The Morgan fingerprint density at radius 2 is 2.14 bits per heavy atom. The SMILES string of the molecule is CCCCC(C)(C)CC=C(OC1CCCCO1)C(OC)C12CCCC1CC(=O)O2. The Kier molecular flexibility index (Phi) is 7.66. The number of hydrogen-bond donors (Lipinski definition) is 0. The molecule has 2 heterocycles. The molecule has 0 aromatic rings. The largest absolute Gasteiger partial charge is 0.467 e. The molecule has 0 radical (unpaired) electrons. The summed E-state index contributed by atoms with van der Waals surface area (Å²) in [6.07, 6.45) is 12.6. The van der Waals surface area contributed by atoms with E-state index in [9.17, 15) is 4.79 Å². The highest BCUT2D eigenvalue weighted by atomic mass is 16.7. The minimum atomic E-state index is -0.583. The van der Waals surface area contributed by atoms with Gasteiger partial charge in [0.15, 0.2) is 12.4 Å². The van der Waals surface area contributed by atoms with Gasteiger partial charge in [-0.2, -0.15) is 0 Å². The molecule has 0 amide bonds. The van der Waals surface area contributed by atoms with E-state index in [1.807, 2.05) is 0 Å². The number of ether oxygens (including phenoxy) is 4. The summed E-state index contributed by atoms with van der Waals surface area (Å²) in [6, 6.07) is 0. The van der Waals surface area contributed by atoms with Crippen LogP contribution in [0.3, 0.4) is 0 Å². The zero-order valence-electron chi connectivity index (χ0n) is 18.8. The summed E-state index contributed by atoms with van der Waals surface area (Å²) in [5, 5.41) is 0. The molecule has 166 valence electrons. The number of esters is 1. The van der Waals surface area contributed by atoms with E-state index in [0.29, 0.717) is 6.42 Å². The van der Waals surface area contributed by atoms with Crippen LogP contribution in [0.2, 0.25) is 0 Å². The first-order chi connectivity index (χ1) is 13.9. The Hall–Kier alpha value is -1.07. The first kappa shape index (κ1) is 22.6. The summed E-state index contributed by atoms with van der Waals surface area (Å²) in [6.45, 7) is 7.58. The van der Waals surface area contributed by atoms with Gasteiger partial charge in [-0.25, -0.2) is 0 Å². The normalized spacial score (nSPS) is 31.4. The summed E-state index contributed by atoms with van der Waals surface area (Å²) in [7, 11) is 1.71. The van der Waals surface area contributed by atoms with Crippen molar-refractivity contribution in [1.29, 1.82) is 0 Å². The van der Waals surface area contributed by atoms with Crippen LogP contribution in [0.5, 0.6) is 0 Å². The van der Waals surface area contributed by atoms with E-state index in [1.165, 1.54) is 19.3 Å². The van der Waals surface area contributed by atoms with Crippen LogP contribution in [-0.2, 0) is 23.7 Å². The standard InChI is InChI=1S/C24H40O5/c1-5-6-13-23(2,3)15-12-19(28-21-11-7-8-16-27-21)22(26-4)24-14-9-10-18(24)17-20(25)29-24/h12,18,21-22H,5-11,13-17H2,1-4H3. The Bertz CT molecular complexity index is 578. The Morgan fingerprint density at radius 1 is 1.31 bits per heavy atom. The molecule has 0 N–H and O–H groups in total. The third-order valence-corrected chi connectivity index (χ3v) is 6.93. The first-order valence-corrected chi connectivity index (χ1v) is 11.6. The average molecular weight is 409 g/mol. The molecular weight excluding hydrogens is 368 g/mol. The Morgan fingerprint density at radius 3 is 2.83 bits per heavy atom. The van der Waals surface area contributed by atoms with Crippen LogP contribution in [-0.4, -0.2) is 37.7 Å². The van der Waals surface area contributed by atoms with Crippen molar-refractivity contribution in [3.05, 3.63) is 11.8 Å². The fourth-order valence-corrected chi connectivity index (χ4v) is 5.20. The van der Waals surface area contributed by atoms with Gasteiger partial charge in [0.1, 0.15) is 11.4 Å². The van der Waals surface area contributed by atoms with E-state index in [0.717, 1.165) is 57.3 Å². The summed E-state index contributed by atoms with van der Waals surface area (Å²) in [5.41, 5.74) is -0.394. The third kappa shape index (κ3) is 5.35. The van der Waals surface area contributed by atoms with Crippen LogP contribution >= 0.6 is 0 Å². The molecular formula is C24H40O5. The zero-order valence-corrected chi connectivity index (χ0v) is 18.8. The van der Waals surface area contributed by atoms with Crippen molar-refractivity contribution < 1.29 is 23.7 Å². The topological polar surface area (TPSA) is 54.0 Å². The maximum Gasteiger partial charge on any atom is 0.306 e. The van der Waals surface area contributed by atoms with Crippen molar-refractivity contribution in [3.8, 4) is 0 Å². The molecule has 3 fully saturated rings. The molecule has 2 aliphatic heterocycles. The van der Waals surface area contributed by atoms with E-state index < -0.39 is 5.60 Å². The van der Waals surface area contributed by atoms with Gasteiger partial charge in [-0.1, -0.05) is 33.6 Å². The maximum absolute atomic E-state index is 12.2. The smallest absolute Gasteiger partial charge is 0.306 e. The highest BCUT2D eigenvalue weighted by molar-refractivity contribution is 5.73.